The van der Waals surface area contributed by atoms with Gasteiger partial charge in [-0.25, -0.2) is 4.39 Å². The molecule has 1 atom stereocenters. The topological polar surface area (TPSA) is 52.3 Å². The van der Waals surface area contributed by atoms with Gasteiger partial charge in [0, 0.05) is 10.9 Å². The van der Waals surface area contributed by atoms with Gasteiger partial charge in [-0.3, -0.25) is 0 Å². The van der Waals surface area contributed by atoms with Gasteiger partial charge < -0.3 is 14.6 Å². The zero-order valence-corrected chi connectivity index (χ0v) is 9.81. The van der Waals surface area contributed by atoms with E-state index in [9.17, 15) is 4.39 Å². The van der Waals surface area contributed by atoms with Crippen molar-refractivity contribution < 1.29 is 13.2 Å². The van der Waals surface area contributed by atoms with Crippen LogP contribution in [-0.4, -0.2) is 0 Å². The molecule has 0 radical (unpaired) electrons. The third kappa shape index (κ3) is 1.80. The van der Waals surface area contributed by atoms with E-state index in [0.717, 1.165) is 11.3 Å². The molecule has 0 aliphatic carbocycles. The first-order valence-corrected chi connectivity index (χ1v) is 5.63. The van der Waals surface area contributed by atoms with Crippen molar-refractivity contribution in [3.8, 4) is 0 Å². The third-order valence-corrected chi connectivity index (χ3v) is 2.91. The molecule has 2 N–H and O–H groups in total. The molecule has 3 nitrogen and oxygen atoms in total. The monoisotopic (exact) mass is 245 g/mol. The van der Waals surface area contributed by atoms with Crippen LogP contribution in [0.4, 0.5) is 4.39 Å². The van der Waals surface area contributed by atoms with Crippen LogP contribution in [0.15, 0.2) is 45.4 Å². The van der Waals surface area contributed by atoms with Crippen molar-refractivity contribution in [3.63, 3.8) is 0 Å². The van der Waals surface area contributed by atoms with Gasteiger partial charge in [0.1, 0.15) is 22.9 Å². The lowest BCUT2D eigenvalue weighted by Gasteiger charge is -2.04. The van der Waals surface area contributed by atoms with Gasteiger partial charge in [-0.15, -0.1) is 0 Å². The molecule has 1 aromatic carbocycles. The van der Waals surface area contributed by atoms with E-state index >= 15 is 0 Å². The molecule has 3 aromatic rings. The Labute approximate surface area is 103 Å². The molecule has 0 aliphatic rings. The van der Waals surface area contributed by atoms with Crippen molar-refractivity contribution in [2.24, 2.45) is 5.73 Å². The first kappa shape index (κ1) is 11.0. The fraction of sp³-hybridized carbons (Fsp3) is 0.143. The molecule has 3 rings (SSSR count). The molecule has 2 heterocycles. The van der Waals surface area contributed by atoms with Crippen LogP contribution in [-0.2, 0) is 0 Å². The molecule has 18 heavy (non-hydrogen) atoms. The second kappa shape index (κ2) is 3.99. The molecule has 0 saturated carbocycles. The minimum Gasteiger partial charge on any atom is -0.469 e. The van der Waals surface area contributed by atoms with Crippen LogP contribution in [0.5, 0.6) is 0 Å². The van der Waals surface area contributed by atoms with Crippen LogP contribution in [0.2, 0.25) is 0 Å². The Morgan fingerprint density at radius 1 is 1.22 bits per heavy atom. The van der Waals surface area contributed by atoms with Crippen LogP contribution in [0.3, 0.4) is 0 Å². The smallest absolute Gasteiger partial charge is 0.134 e. The maximum atomic E-state index is 13.1. The van der Waals surface area contributed by atoms with E-state index in [4.69, 9.17) is 14.6 Å². The fourth-order valence-corrected chi connectivity index (χ4v) is 1.98. The lowest BCUT2D eigenvalue weighted by Crippen LogP contribution is -2.09. The molecule has 0 saturated heterocycles. The highest BCUT2D eigenvalue weighted by atomic mass is 19.1. The van der Waals surface area contributed by atoms with Gasteiger partial charge in [-0.1, -0.05) is 0 Å². The second-order valence-electron chi connectivity index (χ2n) is 4.30. The number of aryl methyl sites for hydroxylation is 1. The Morgan fingerprint density at radius 2 is 2.06 bits per heavy atom. The Balaban J connectivity index is 2.03. The van der Waals surface area contributed by atoms with Crippen molar-refractivity contribution in [2.45, 2.75) is 13.0 Å². The summed E-state index contributed by atoms with van der Waals surface area (Å²) in [5.41, 5.74) is 7.55. The lowest BCUT2D eigenvalue weighted by molar-refractivity contribution is 0.510. The first-order chi connectivity index (χ1) is 8.63. The molecule has 2 aromatic heterocycles. The number of benzene rings is 1. The maximum Gasteiger partial charge on any atom is 0.134 e. The zero-order valence-electron chi connectivity index (χ0n) is 9.81. The quantitative estimate of drug-likeness (QED) is 0.751. The predicted molar refractivity (Wildman–Crippen MR) is 65.6 cm³/mol. The van der Waals surface area contributed by atoms with E-state index in [1.54, 1.807) is 18.4 Å². The van der Waals surface area contributed by atoms with Crippen molar-refractivity contribution in [1.29, 1.82) is 0 Å². The number of halogens is 1. The van der Waals surface area contributed by atoms with Gasteiger partial charge in [0.2, 0.25) is 0 Å². The van der Waals surface area contributed by atoms with Gasteiger partial charge in [-0.2, -0.15) is 0 Å². The molecule has 0 fully saturated rings. The molecular formula is C14H12FNO2. The maximum absolute atomic E-state index is 13.1. The van der Waals surface area contributed by atoms with Crippen molar-refractivity contribution in [1.82, 2.24) is 0 Å². The van der Waals surface area contributed by atoms with Crippen molar-refractivity contribution in [2.75, 3.05) is 0 Å². The van der Waals surface area contributed by atoms with Gasteiger partial charge in [0.15, 0.2) is 0 Å². The number of hydrogen-bond donors (Lipinski definition) is 1. The van der Waals surface area contributed by atoms with Gasteiger partial charge in [-0.05, 0) is 37.3 Å². The van der Waals surface area contributed by atoms with Gasteiger partial charge >= 0.3 is 0 Å². The number of furan rings is 2. The summed E-state index contributed by atoms with van der Waals surface area (Å²) in [5, 5.41) is 0.709. The van der Waals surface area contributed by atoms with E-state index < -0.39 is 6.04 Å². The summed E-state index contributed by atoms with van der Waals surface area (Å²) in [4.78, 5) is 0. The van der Waals surface area contributed by atoms with E-state index in [0.29, 0.717) is 16.7 Å². The average Bonchev–Trinajstić information content (AvgIpc) is 2.93. The third-order valence-electron chi connectivity index (χ3n) is 2.91. The highest BCUT2D eigenvalue weighted by Gasteiger charge is 2.16. The highest BCUT2D eigenvalue weighted by Crippen LogP contribution is 2.28. The average molecular weight is 245 g/mol. The molecule has 0 spiro atoms. The van der Waals surface area contributed by atoms with Gasteiger partial charge in [0.25, 0.3) is 0 Å². The lowest BCUT2D eigenvalue weighted by atomic mass is 10.1. The summed E-state index contributed by atoms with van der Waals surface area (Å²) < 4.78 is 23.9. The van der Waals surface area contributed by atoms with Crippen LogP contribution in [0, 0.1) is 12.7 Å². The zero-order chi connectivity index (χ0) is 12.7. The van der Waals surface area contributed by atoms with Crippen LogP contribution in [0.1, 0.15) is 23.1 Å². The van der Waals surface area contributed by atoms with Gasteiger partial charge in [0.05, 0.1) is 12.3 Å². The summed E-state index contributed by atoms with van der Waals surface area (Å²) >= 11 is 0. The standard InChI is InChI=1S/C14H12FNO2/c1-8-4-10(7-17-8)14(16)13-6-9-5-11(15)2-3-12(9)18-13/h2-7,14H,16H2,1H3. The first-order valence-electron chi connectivity index (χ1n) is 5.63. The molecular weight excluding hydrogens is 233 g/mol. The van der Waals surface area contributed by atoms with E-state index in [1.807, 2.05) is 13.0 Å². The summed E-state index contributed by atoms with van der Waals surface area (Å²) in [6.45, 7) is 1.85. The normalized spacial score (nSPS) is 13.1. The number of rotatable bonds is 2. The number of fused-ring (bicyclic) bond motifs is 1. The molecule has 0 bridgehead atoms. The van der Waals surface area contributed by atoms with Crippen LogP contribution < -0.4 is 5.73 Å². The summed E-state index contributed by atoms with van der Waals surface area (Å²) in [6, 6.07) is 7.60. The van der Waals surface area contributed by atoms with E-state index in [-0.39, 0.29) is 5.82 Å². The SMILES string of the molecule is Cc1cc(C(N)c2cc3cc(F)ccc3o2)co1. The van der Waals surface area contributed by atoms with Crippen LogP contribution in [0.25, 0.3) is 11.0 Å². The Hall–Kier alpha value is -2.07. The Bertz CT molecular complexity index is 699. The summed E-state index contributed by atoms with van der Waals surface area (Å²) in [6.07, 6.45) is 1.60. The molecule has 0 amide bonds. The van der Waals surface area contributed by atoms with Crippen molar-refractivity contribution in [3.05, 3.63) is 59.5 Å². The second-order valence-corrected chi connectivity index (χ2v) is 4.30. The fourth-order valence-electron chi connectivity index (χ4n) is 1.98. The Morgan fingerprint density at radius 3 is 2.78 bits per heavy atom. The van der Waals surface area contributed by atoms with Crippen molar-refractivity contribution >= 4 is 11.0 Å². The van der Waals surface area contributed by atoms with Crippen LogP contribution >= 0.6 is 0 Å². The Kier molecular flexibility index (Phi) is 2.45. The number of nitrogens with two attached hydrogens (primary N) is 1. The molecule has 0 aliphatic heterocycles. The molecule has 4 heteroatoms. The summed E-state index contributed by atoms with van der Waals surface area (Å²) in [5.74, 6) is 1.10. The molecule has 92 valence electrons. The highest BCUT2D eigenvalue weighted by molar-refractivity contribution is 5.78. The predicted octanol–water partition coefficient (Wildman–Crippen LogP) is 3.52. The largest absolute Gasteiger partial charge is 0.469 e. The summed E-state index contributed by atoms with van der Waals surface area (Å²) in [7, 11) is 0. The minimum atomic E-state index is -0.405. The molecule has 1 unspecified atom stereocenters. The van der Waals surface area contributed by atoms with E-state index in [1.165, 1.54) is 12.1 Å². The van der Waals surface area contributed by atoms with E-state index in [2.05, 4.69) is 0 Å². The minimum absolute atomic E-state index is 0.289. The number of hydrogen-bond acceptors (Lipinski definition) is 3.